The number of anilines is 1. The van der Waals surface area contributed by atoms with Crippen LogP contribution in [0.5, 0.6) is 0 Å². The molecule has 2 bridgehead atoms. The van der Waals surface area contributed by atoms with Gasteiger partial charge in [-0.05, 0) is 59.7 Å². The molecule has 3 aromatic carbocycles. The highest BCUT2D eigenvalue weighted by Crippen LogP contribution is 2.65. The maximum absolute atomic E-state index is 14.2. The Morgan fingerprint density at radius 2 is 1.47 bits per heavy atom. The zero-order chi connectivity index (χ0) is 23.9. The number of benzene rings is 3. The molecule has 1 fully saturated rings. The minimum absolute atomic E-state index is 0.0799. The lowest BCUT2D eigenvalue weighted by atomic mass is 9.46. The van der Waals surface area contributed by atoms with Crippen molar-refractivity contribution in [1.82, 2.24) is 0 Å². The van der Waals surface area contributed by atoms with Crippen molar-refractivity contribution in [2.24, 2.45) is 11.8 Å². The maximum atomic E-state index is 14.2. The van der Waals surface area contributed by atoms with Gasteiger partial charge in [-0.2, -0.15) is 0 Å². The van der Waals surface area contributed by atoms with E-state index in [2.05, 4.69) is 31.2 Å². The van der Waals surface area contributed by atoms with Crippen LogP contribution in [0.25, 0.3) is 0 Å². The highest BCUT2D eigenvalue weighted by molar-refractivity contribution is 6.24. The normalized spacial score (nSPS) is 26.3. The van der Waals surface area contributed by atoms with Crippen LogP contribution >= 0.6 is 0 Å². The highest BCUT2D eigenvalue weighted by Gasteiger charge is 2.67. The summed E-state index contributed by atoms with van der Waals surface area (Å²) in [6.45, 7) is 5.69. The predicted molar refractivity (Wildman–Crippen MR) is 128 cm³/mol. The molecule has 0 aromatic heterocycles. The van der Waals surface area contributed by atoms with Crippen LogP contribution in [-0.4, -0.2) is 16.7 Å². The van der Waals surface area contributed by atoms with E-state index in [0.29, 0.717) is 6.42 Å². The fraction of sp³-hybridized carbons (Fsp3) is 0.286. The Kier molecular flexibility index (Phi) is 4.19. The van der Waals surface area contributed by atoms with E-state index in [4.69, 9.17) is 0 Å². The van der Waals surface area contributed by atoms with Gasteiger partial charge in [0.2, 0.25) is 11.8 Å². The molecule has 3 aromatic rings. The quantitative estimate of drug-likeness (QED) is 0.312. The summed E-state index contributed by atoms with van der Waals surface area (Å²) in [5.74, 6) is -2.11. The van der Waals surface area contributed by atoms with Gasteiger partial charge in [-0.1, -0.05) is 55.5 Å². The predicted octanol–water partition coefficient (Wildman–Crippen LogP) is 5.17. The summed E-state index contributed by atoms with van der Waals surface area (Å²) < 4.78 is 0. The van der Waals surface area contributed by atoms with Crippen molar-refractivity contribution in [3.8, 4) is 0 Å². The molecule has 170 valence electrons. The van der Waals surface area contributed by atoms with Gasteiger partial charge in [0.05, 0.1) is 16.8 Å². The van der Waals surface area contributed by atoms with Gasteiger partial charge in [0.15, 0.2) is 0 Å². The molecular weight excluding hydrogens is 428 g/mol. The summed E-state index contributed by atoms with van der Waals surface area (Å²) >= 11 is 0. The standard InChI is InChI=1S/C28H24N2O4/c1-4-28-19-11-7-5-9-17(19)23(18-10-6-8-12-20(18)28)24-25(28)27(32)29(26(24)31)21-13-15(2)16(3)14-22(21)30(33)34/h5-14,23-25H,4H2,1-3H3/t23?,24-,25+,28?/m1/s1. The molecule has 6 heteroatoms. The summed E-state index contributed by atoms with van der Waals surface area (Å²) in [5.41, 5.74) is 5.13. The summed E-state index contributed by atoms with van der Waals surface area (Å²) in [7, 11) is 0. The van der Waals surface area contributed by atoms with E-state index in [0.717, 1.165) is 38.3 Å². The molecule has 4 aliphatic rings. The van der Waals surface area contributed by atoms with Crippen LogP contribution in [0.3, 0.4) is 0 Å². The number of carbonyl (C=O) groups is 2. The van der Waals surface area contributed by atoms with Gasteiger partial charge in [0.1, 0.15) is 5.69 Å². The molecule has 0 radical (unpaired) electrons. The van der Waals surface area contributed by atoms with Crippen LogP contribution in [0.15, 0.2) is 60.7 Å². The molecule has 3 aliphatic carbocycles. The van der Waals surface area contributed by atoms with Gasteiger partial charge in [-0.15, -0.1) is 0 Å². The highest BCUT2D eigenvalue weighted by atomic mass is 16.6. The van der Waals surface area contributed by atoms with E-state index in [1.54, 1.807) is 13.0 Å². The first-order valence-corrected chi connectivity index (χ1v) is 11.6. The Morgan fingerprint density at radius 3 is 2.03 bits per heavy atom. The Balaban J connectivity index is 1.63. The zero-order valence-corrected chi connectivity index (χ0v) is 19.2. The molecule has 7 rings (SSSR count). The van der Waals surface area contributed by atoms with Gasteiger partial charge >= 0.3 is 0 Å². The van der Waals surface area contributed by atoms with Gasteiger partial charge in [0, 0.05) is 17.4 Å². The Labute approximate surface area is 197 Å². The van der Waals surface area contributed by atoms with E-state index in [9.17, 15) is 19.7 Å². The van der Waals surface area contributed by atoms with E-state index >= 15 is 0 Å². The molecular formula is C28H24N2O4. The molecule has 2 atom stereocenters. The average Bonchev–Trinajstić information content (AvgIpc) is 3.11. The minimum Gasteiger partial charge on any atom is -0.274 e. The number of rotatable bonds is 3. The Bertz CT molecular complexity index is 1380. The molecule has 1 heterocycles. The molecule has 0 saturated carbocycles. The second-order valence-electron chi connectivity index (χ2n) is 9.67. The summed E-state index contributed by atoms with van der Waals surface area (Å²) in [6, 6.07) is 19.3. The van der Waals surface area contributed by atoms with Crippen molar-refractivity contribution in [2.45, 2.75) is 38.5 Å². The van der Waals surface area contributed by atoms with Crippen molar-refractivity contribution in [3.63, 3.8) is 0 Å². The first-order valence-electron chi connectivity index (χ1n) is 11.6. The summed E-state index contributed by atoms with van der Waals surface area (Å²) in [6.07, 6.45) is 0.650. The van der Waals surface area contributed by atoms with Crippen molar-refractivity contribution in [2.75, 3.05) is 4.90 Å². The molecule has 2 amide bonds. The van der Waals surface area contributed by atoms with Crippen LogP contribution in [0.4, 0.5) is 11.4 Å². The van der Waals surface area contributed by atoms with Crippen LogP contribution in [0, 0.1) is 35.8 Å². The first kappa shape index (κ1) is 20.8. The average molecular weight is 453 g/mol. The number of nitro groups is 1. The fourth-order valence-electron chi connectivity index (χ4n) is 6.88. The number of nitrogens with zero attached hydrogens (tertiary/aromatic N) is 2. The minimum atomic E-state index is -0.650. The van der Waals surface area contributed by atoms with Gasteiger partial charge < -0.3 is 0 Å². The van der Waals surface area contributed by atoms with Crippen LogP contribution in [-0.2, 0) is 15.0 Å². The number of hydrogen-bond acceptors (Lipinski definition) is 4. The summed E-state index contributed by atoms with van der Waals surface area (Å²) in [5, 5.41) is 11.9. The second-order valence-corrected chi connectivity index (χ2v) is 9.67. The lowest BCUT2D eigenvalue weighted by Crippen LogP contribution is -2.53. The third-order valence-corrected chi connectivity index (χ3v) is 8.38. The van der Waals surface area contributed by atoms with Crippen LogP contribution in [0.1, 0.15) is 52.6 Å². The lowest BCUT2D eigenvalue weighted by molar-refractivity contribution is -0.384. The molecule has 0 N–H and O–H groups in total. The number of imide groups is 1. The maximum Gasteiger partial charge on any atom is 0.293 e. The molecule has 0 unspecified atom stereocenters. The van der Waals surface area contributed by atoms with Crippen LogP contribution < -0.4 is 4.90 Å². The van der Waals surface area contributed by atoms with E-state index in [1.165, 1.54) is 6.07 Å². The number of amides is 2. The molecule has 1 aliphatic heterocycles. The van der Waals surface area contributed by atoms with Crippen molar-refractivity contribution >= 4 is 23.2 Å². The molecule has 6 nitrogen and oxygen atoms in total. The largest absolute Gasteiger partial charge is 0.293 e. The van der Waals surface area contributed by atoms with E-state index in [1.807, 2.05) is 31.2 Å². The second kappa shape index (κ2) is 6.86. The summed E-state index contributed by atoms with van der Waals surface area (Å²) in [4.78, 5) is 40.8. The number of carbonyl (C=O) groups excluding carboxylic acids is 2. The number of hydrogen-bond donors (Lipinski definition) is 0. The Hall–Kier alpha value is -3.80. The number of aryl methyl sites for hydroxylation is 2. The van der Waals surface area contributed by atoms with Crippen molar-refractivity contribution in [1.29, 1.82) is 0 Å². The number of nitro benzene ring substituents is 1. The monoisotopic (exact) mass is 452 g/mol. The van der Waals surface area contributed by atoms with Crippen LogP contribution in [0.2, 0.25) is 0 Å². The van der Waals surface area contributed by atoms with E-state index < -0.39 is 22.2 Å². The van der Waals surface area contributed by atoms with Crippen molar-refractivity contribution < 1.29 is 14.5 Å². The lowest BCUT2D eigenvalue weighted by Gasteiger charge is -2.54. The van der Waals surface area contributed by atoms with E-state index in [-0.39, 0.29) is 29.1 Å². The first-order chi connectivity index (χ1) is 16.3. The third-order valence-electron chi connectivity index (χ3n) is 8.38. The third kappa shape index (κ3) is 2.30. The smallest absolute Gasteiger partial charge is 0.274 e. The molecule has 34 heavy (non-hydrogen) atoms. The van der Waals surface area contributed by atoms with Gasteiger partial charge in [-0.3, -0.25) is 19.7 Å². The van der Waals surface area contributed by atoms with Gasteiger partial charge in [0.25, 0.3) is 5.69 Å². The molecule has 1 saturated heterocycles. The fourth-order valence-corrected chi connectivity index (χ4v) is 6.88. The Morgan fingerprint density at radius 1 is 0.912 bits per heavy atom. The topological polar surface area (TPSA) is 80.5 Å². The SMILES string of the molecule is CCC12c3ccccc3C(c3ccccc31)[C@H]1C(=O)N(c3cc(C)c(C)cc3[N+](=O)[O-])C(=O)[C@H]12. The molecule has 0 spiro atoms. The van der Waals surface area contributed by atoms with Crippen molar-refractivity contribution in [3.05, 3.63) is 104 Å². The zero-order valence-electron chi connectivity index (χ0n) is 19.2. The van der Waals surface area contributed by atoms with Gasteiger partial charge in [-0.25, -0.2) is 4.90 Å².